The van der Waals surface area contributed by atoms with E-state index < -0.39 is 0 Å². The summed E-state index contributed by atoms with van der Waals surface area (Å²) in [6.07, 6.45) is 2.41. The molecule has 1 aliphatic rings. The third-order valence-electron chi connectivity index (χ3n) is 4.04. The van der Waals surface area contributed by atoms with Gasteiger partial charge in [0.15, 0.2) is 0 Å². The summed E-state index contributed by atoms with van der Waals surface area (Å²) in [5.74, 6) is -0.414. The highest BCUT2D eigenvalue weighted by Gasteiger charge is 2.24. The molecule has 2 amide bonds. The fourth-order valence-corrected chi connectivity index (χ4v) is 2.72. The number of hydrogen-bond donors (Lipinski definition) is 3. The first-order chi connectivity index (χ1) is 11.1. The normalized spacial score (nSPS) is 19.9. The second kappa shape index (κ2) is 10.3. The SMILES string of the molecule is C[C@H]1C[C@@H](C(=O)NCCCNC(=O)c2ccc(F)cc2)CCN1.Cl. The zero-order chi connectivity index (χ0) is 16.7. The van der Waals surface area contributed by atoms with Crippen molar-refractivity contribution in [2.75, 3.05) is 19.6 Å². The van der Waals surface area contributed by atoms with Gasteiger partial charge in [-0.05, 0) is 57.0 Å². The summed E-state index contributed by atoms with van der Waals surface area (Å²) in [6, 6.07) is 5.80. The van der Waals surface area contributed by atoms with Gasteiger partial charge < -0.3 is 16.0 Å². The minimum atomic E-state index is -0.364. The Kier molecular flexibility index (Phi) is 8.71. The van der Waals surface area contributed by atoms with Gasteiger partial charge in [-0.2, -0.15) is 0 Å². The van der Waals surface area contributed by atoms with Gasteiger partial charge in [-0.25, -0.2) is 4.39 Å². The molecule has 0 aromatic heterocycles. The maximum Gasteiger partial charge on any atom is 0.251 e. The molecule has 134 valence electrons. The molecule has 1 fully saturated rings. The van der Waals surface area contributed by atoms with Gasteiger partial charge in [-0.15, -0.1) is 12.4 Å². The Hall–Kier alpha value is -1.66. The van der Waals surface area contributed by atoms with E-state index in [1.807, 2.05) is 0 Å². The fourth-order valence-electron chi connectivity index (χ4n) is 2.72. The monoisotopic (exact) mass is 357 g/mol. The van der Waals surface area contributed by atoms with Crippen LogP contribution in [0.1, 0.15) is 36.5 Å². The highest BCUT2D eigenvalue weighted by Crippen LogP contribution is 2.15. The molecule has 1 aromatic carbocycles. The number of amides is 2. The van der Waals surface area contributed by atoms with E-state index in [4.69, 9.17) is 0 Å². The van der Waals surface area contributed by atoms with E-state index >= 15 is 0 Å². The predicted molar refractivity (Wildman–Crippen MR) is 93.8 cm³/mol. The number of piperidine rings is 1. The van der Waals surface area contributed by atoms with Gasteiger partial charge >= 0.3 is 0 Å². The lowest BCUT2D eigenvalue weighted by Gasteiger charge is -2.27. The van der Waals surface area contributed by atoms with Gasteiger partial charge in [-0.3, -0.25) is 9.59 Å². The molecule has 1 saturated heterocycles. The second-order valence-corrected chi connectivity index (χ2v) is 5.98. The first-order valence-corrected chi connectivity index (χ1v) is 8.11. The van der Waals surface area contributed by atoms with Gasteiger partial charge in [0.2, 0.25) is 5.91 Å². The van der Waals surface area contributed by atoms with Crippen molar-refractivity contribution < 1.29 is 14.0 Å². The zero-order valence-corrected chi connectivity index (χ0v) is 14.6. The van der Waals surface area contributed by atoms with E-state index in [0.29, 0.717) is 31.1 Å². The van der Waals surface area contributed by atoms with Crippen molar-refractivity contribution in [3.05, 3.63) is 35.6 Å². The summed E-state index contributed by atoms with van der Waals surface area (Å²) < 4.78 is 12.8. The summed E-state index contributed by atoms with van der Waals surface area (Å²) in [4.78, 5) is 23.8. The molecule has 2 rings (SSSR count). The molecule has 3 N–H and O–H groups in total. The van der Waals surface area contributed by atoms with Crippen LogP contribution in [0.4, 0.5) is 4.39 Å². The minimum Gasteiger partial charge on any atom is -0.356 e. The number of halogens is 2. The zero-order valence-electron chi connectivity index (χ0n) is 13.8. The molecule has 7 heteroatoms. The molecular weight excluding hydrogens is 333 g/mol. The van der Waals surface area contributed by atoms with E-state index in [2.05, 4.69) is 22.9 Å². The average Bonchev–Trinajstić information content (AvgIpc) is 2.54. The highest BCUT2D eigenvalue weighted by atomic mass is 35.5. The molecule has 0 spiro atoms. The summed E-state index contributed by atoms with van der Waals surface area (Å²) in [6.45, 7) is 3.98. The van der Waals surface area contributed by atoms with Crippen molar-refractivity contribution in [1.82, 2.24) is 16.0 Å². The molecule has 2 atom stereocenters. The standard InChI is InChI=1S/C17H24FN3O2.ClH/c1-12-11-14(7-10-19-12)17(23)21-9-2-8-20-16(22)13-3-5-15(18)6-4-13;/h3-6,12,14,19H,2,7-11H2,1H3,(H,20,22)(H,21,23);1H/t12-,14-;/m0./s1. The van der Waals surface area contributed by atoms with Crippen molar-refractivity contribution in [3.63, 3.8) is 0 Å². The van der Waals surface area contributed by atoms with Crippen molar-refractivity contribution in [2.45, 2.75) is 32.2 Å². The Morgan fingerprint density at radius 2 is 1.88 bits per heavy atom. The fraction of sp³-hybridized carbons (Fsp3) is 0.529. The lowest BCUT2D eigenvalue weighted by molar-refractivity contribution is -0.126. The molecule has 1 heterocycles. The van der Waals surface area contributed by atoms with Crippen LogP contribution < -0.4 is 16.0 Å². The molecular formula is C17H25ClFN3O2. The quantitative estimate of drug-likeness (QED) is 0.681. The molecule has 1 aromatic rings. The topological polar surface area (TPSA) is 70.2 Å². The lowest BCUT2D eigenvalue weighted by Crippen LogP contribution is -2.42. The Balaban J connectivity index is 0.00000288. The van der Waals surface area contributed by atoms with Crippen molar-refractivity contribution in [2.24, 2.45) is 5.92 Å². The molecule has 24 heavy (non-hydrogen) atoms. The van der Waals surface area contributed by atoms with Gasteiger partial charge in [0.25, 0.3) is 5.91 Å². The van der Waals surface area contributed by atoms with E-state index in [1.165, 1.54) is 24.3 Å². The number of carbonyl (C=O) groups excluding carboxylic acids is 2. The Labute approximate surface area is 148 Å². The van der Waals surface area contributed by atoms with Crippen LogP contribution in [0.25, 0.3) is 0 Å². The number of carbonyl (C=O) groups is 2. The lowest BCUT2D eigenvalue weighted by atomic mass is 9.92. The highest BCUT2D eigenvalue weighted by molar-refractivity contribution is 5.94. The Bertz CT molecular complexity index is 539. The number of benzene rings is 1. The average molecular weight is 358 g/mol. The van der Waals surface area contributed by atoms with Crippen LogP contribution in [-0.2, 0) is 4.79 Å². The van der Waals surface area contributed by atoms with Crippen LogP contribution in [0.2, 0.25) is 0 Å². The minimum absolute atomic E-state index is 0. The van der Waals surface area contributed by atoms with Crippen LogP contribution >= 0.6 is 12.4 Å². The molecule has 0 unspecified atom stereocenters. The number of hydrogen-bond acceptors (Lipinski definition) is 3. The maximum atomic E-state index is 12.8. The number of nitrogens with one attached hydrogen (secondary N) is 3. The Morgan fingerprint density at radius 1 is 1.21 bits per heavy atom. The van der Waals surface area contributed by atoms with Gasteiger partial charge in [-0.1, -0.05) is 0 Å². The predicted octanol–water partition coefficient (Wildman–Crippen LogP) is 1.87. The summed E-state index contributed by atoms with van der Waals surface area (Å²) >= 11 is 0. The third kappa shape index (κ3) is 6.45. The molecule has 1 aliphatic heterocycles. The van der Waals surface area contributed by atoms with Crippen molar-refractivity contribution in [3.8, 4) is 0 Å². The first kappa shape index (κ1) is 20.4. The van der Waals surface area contributed by atoms with Crippen LogP contribution in [0.5, 0.6) is 0 Å². The van der Waals surface area contributed by atoms with E-state index in [0.717, 1.165) is 19.4 Å². The smallest absolute Gasteiger partial charge is 0.251 e. The van der Waals surface area contributed by atoms with Crippen LogP contribution in [0.3, 0.4) is 0 Å². The third-order valence-corrected chi connectivity index (χ3v) is 4.04. The summed E-state index contributed by atoms with van der Waals surface area (Å²) in [5, 5.41) is 9.01. The summed E-state index contributed by atoms with van der Waals surface area (Å²) in [7, 11) is 0. The maximum absolute atomic E-state index is 12.8. The second-order valence-electron chi connectivity index (χ2n) is 5.98. The first-order valence-electron chi connectivity index (χ1n) is 8.11. The largest absolute Gasteiger partial charge is 0.356 e. The van der Waals surface area contributed by atoms with E-state index in [9.17, 15) is 14.0 Å². The van der Waals surface area contributed by atoms with E-state index in [-0.39, 0.29) is 36.0 Å². The molecule has 0 radical (unpaired) electrons. The molecule has 0 bridgehead atoms. The van der Waals surface area contributed by atoms with Gasteiger partial charge in [0.05, 0.1) is 0 Å². The van der Waals surface area contributed by atoms with Gasteiger partial charge in [0.1, 0.15) is 5.82 Å². The molecule has 5 nitrogen and oxygen atoms in total. The van der Waals surface area contributed by atoms with Crippen LogP contribution in [0.15, 0.2) is 24.3 Å². The Morgan fingerprint density at radius 3 is 2.54 bits per heavy atom. The van der Waals surface area contributed by atoms with Crippen LogP contribution in [0, 0.1) is 11.7 Å². The van der Waals surface area contributed by atoms with E-state index in [1.54, 1.807) is 0 Å². The van der Waals surface area contributed by atoms with Gasteiger partial charge in [0, 0.05) is 30.6 Å². The van der Waals surface area contributed by atoms with Crippen molar-refractivity contribution in [1.29, 1.82) is 0 Å². The van der Waals surface area contributed by atoms with Crippen LogP contribution in [-0.4, -0.2) is 37.5 Å². The molecule has 0 aliphatic carbocycles. The summed E-state index contributed by atoms with van der Waals surface area (Å²) in [5.41, 5.74) is 0.430. The van der Waals surface area contributed by atoms with Crippen molar-refractivity contribution >= 4 is 24.2 Å². The molecule has 0 saturated carbocycles. The number of rotatable bonds is 6.